The minimum absolute atomic E-state index is 0.0664. The number of nitrogens with zero attached hydrogens (tertiary/aromatic N) is 6. The lowest BCUT2D eigenvalue weighted by Gasteiger charge is -2.26. The molecule has 0 atom stereocenters. The van der Waals surface area contributed by atoms with E-state index in [1.165, 1.54) is 54.8 Å². The van der Waals surface area contributed by atoms with E-state index in [4.69, 9.17) is 20.0 Å². The molecule has 0 spiro atoms. The highest BCUT2D eigenvalue weighted by Crippen LogP contribution is 2.20. The first kappa shape index (κ1) is 38.4. The van der Waals surface area contributed by atoms with Gasteiger partial charge < -0.3 is 19.3 Å². The highest BCUT2D eigenvalue weighted by atomic mass is 32.2. The van der Waals surface area contributed by atoms with Crippen molar-refractivity contribution >= 4 is 44.0 Å². The number of benzene rings is 2. The van der Waals surface area contributed by atoms with Crippen LogP contribution >= 0.6 is 0 Å². The third-order valence-electron chi connectivity index (χ3n) is 8.06. The van der Waals surface area contributed by atoms with E-state index in [-0.39, 0.29) is 75.0 Å². The van der Waals surface area contributed by atoms with Crippen LogP contribution in [0.4, 0.5) is 0 Å². The Balaban J connectivity index is 1.38. The van der Waals surface area contributed by atoms with Gasteiger partial charge >= 0.3 is 0 Å². The van der Waals surface area contributed by atoms with Crippen molar-refractivity contribution in [2.45, 2.75) is 22.6 Å². The molecule has 2 aromatic carbocycles. The molecule has 16 heteroatoms. The molecule has 2 aromatic rings. The van der Waals surface area contributed by atoms with Crippen molar-refractivity contribution in [3.63, 3.8) is 0 Å². The molecule has 0 unspecified atom stereocenters. The maximum absolute atomic E-state index is 13.2. The summed E-state index contributed by atoms with van der Waals surface area (Å²) in [6.45, 7) is 2.92. The number of sulfonamides is 2. The molecule has 2 aliphatic heterocycles. The number of hydrogen-bond donors (Lipinski definition) is 0. The second kappa shape index (κ2) is 18.5. The van der Waals surface area contributed by atoms with E-state index in [0.717, 1.165) is 0 Å². The Morgan fingerprint density at radius 3 is 1.28 bits per heavy atom. The first-order chi connectivity index (χ1) is 24.1. The van der Waals surface area contributed by atoms with Gasteiger partial charge in [-0.25, -0.2) is 16.8 Å². The summed E-state index contributed by atoms with van der Waals surface area (Å²) >= 11 is 0. The average molecular weight is 725 g/mol. The molecule has 0 N–H and O–H groups in total. The Morgan fingerprint density at radius 2 is 0.960 bits per heavy atom. The third-order valence-corrected chi connectivity index (χ3v) is 11.9. The number of amides is 2. The fourth-order valence-corrected chi connectivity index (χ4v) is 8.01. The summed E-state index contributed by atoms with van der Waals surface area (Å²) in [7, 11) is -7.31. The molecule has 266 valence electrons. The second-order valence-electron chi connectivity index (χ2n) is 11.3. The minimum Gasteiger partial charge on any atom is -0.379 e. The Kier molecular flexibility index (Phi) is 14.2. The highest BCUT2D eigenvalue weighted by Gasteiger charge is 2.27. The lowest BCUT2D eigenvalue weighted by molar-refractivity contribution is -0.129. The van der Waals surface area contributed by atoms with Gasteiger partial charge in [0.25, 0.3) is 0 Å². The normalized spacial score (nSPS) is 16.2. The van der Waals surface area contributed by atoms with Crippen molar-refractivity contribution in [1.29, 1.82) is 10.5 Å². The molecule has 0 radical (unpaired) electrons. The van der Waals surface area contributed by atoms with Crippen molar-refractivity contribution in [3.8, 4) is 12.1 Å². The topological polar surface area (TPSA) is 181 Å². The first-order valence-electron chi connectivity index (χ1n) is 16.1. The van der Waals surface area contributed by atoms with Crippen LogP contribution in [0.15, 0.2) is 70.5 Å². The summed E-state index contributed by atoms with van der Waals surface area (Å²) in [6.07, 6.45) is 5.88. The van der Waals surface area contributed by atoms with Crippen LogP contribution in [0.2, 0.25) is 0 Å². The molecule has 2 heterocycles. The number of ether oxygens (including phenoxy) is 2. The third kappa shape index (κ3) is 10.5. The number of hydrogen-bond acceptors (Lipinski definition) is 10. The smallest absolute Gasteiger partial charge is 0.246 e. The fraction of sp³-hybridized carbons (Fsp3) is 0.412. The lowest BCUT2D eigenvalue weighted by atomic mass is 10.2. The largest absolute Gasteiger partial charge is 0.379 e. The maximum atomic E-state index is 13.2. The lowest BCUT2D eigenvalue weighted by Crippen LogP contribution is -2.41. The van der Waals surface area contributed by atoms with E-state index in [1.54, 1.807) is 36.4 Å². The zero-order valence-electron chi connectivity index (χ0n) is 27.6. The zero-order chi connectivity index (χ0) is 36.0. The van der Waals surface area contributed by atoms with Gasteiger partial charge in [-0.2, -0.15) is 19.1 Å². The van der Waals surface area contributed by atoms with Crippen LogP contribution in [-0.2, 0) is 39.1 Å². The summed E-state index contributed by atoms with van der Waals surface area (Å²) in [6, 6.07) is 16.4. The van der Waals surface area contributed by atoms with Gasteiger partial charge in [0, 0.05) is 64.5 Å². The van der Waals surface area contributed by atoms with Crippen LogP contribution in [0.3, 0.4) is 0 Å². The van der Waals surface area contributed by atoms with Crippen molar-refractivity contribution in [1.82, 2.24) is 18.4 Å². The minimum atomic E-state index is -3.66. The summed E-state index contributed by atoms with van der Waals surface area (Å²) in [5.41, 5.74) is 1.20. The summed E-state index contributed by atoms with van der Waals surface area (Å²) < 4.78 is 64.8. The molecule has 0 bridgehead atoms. The summed E-state index contributed by atoms with van der Waals surface area (Å²) in [4.78, 5) is 29.5. The molecule has 0 aromatic heterocycles. The van der Waals surface area contributed by atoms with Gasteiger partial charge in [0.05, 0.1) is 61.2 Å². The van der Waals surface area contributed by atoms with Crippen molar-refractivity contribution < 1.29 is 35.9 Å². The second-order valence-corrected chi connectivity index (χ2v) is 15.2. The molecule has 50 heavy (non-hydrogen) atoms. The predicted molar refractivity (Wildman–Crippen MR) is 184 cm³/mol. The van der Waals surface area contributed by atoms with Crippen LogP contribution in [-0.4, -0.2) is 126 Å². The van der Waals surface area contributed by atoms with Gasteiger partial charge in [-0.05, 0) is 47.5 Å². The van der Waals surface area contributed by atoms with E-state index in [2.05, 4.69) is 0 Å². The molecule has 14 nitrogen and oxygen atoms in total. The Morgan fingerprint density at radius 1 is 0.620 bits per heavy atom. The van der Waals surface area contributed by atoms with E-state index in [0.29, 0.717) is 37.6 Å². The van der Waals surface area contributed by atoms with E-state index in [1.807, 2.05) is 12.1 Å². The van der Waals surface area contributed by atoms with Crippen LogP contribution in [0, 0.1) is 22.7 Å². The van der Waals surface area contributed by atoms with Gasteiger partial charge in [-0.1, -0.05) is 24.3 Å². The highest BCUT2D eigenvalue weighted by molar-refractivity contribution is 7.89. The first-order valence-corrected chi connectivity index (χ1v) is 19.0. The van der Waals surface area contributed by atoms with Crippen LogP contribution in [0.25, 0.3) is 12.2 Å². The Labute approximate surface area is 293 Å². The monoisotopic (exact) mass is 724 g/mol. The van der Waals surface area contributed by atoms with E-state index >= 15 is 0 Å². The molecule has 0 saturated carbocycles. The molecule has 2 fully saturated rings. The maximum Gasteiger partial charge on any atom is 0.246 e. The average Bonchev–Trinajstić information content (AvgIpc) is 3.15. The van der Waals surface area contributed by atoms with Gasteiger partial charge in [-0.15, -0.1) is 0 Å². The van der Waals surface area contributed by atoms with Gasteiger partial charge in [0.1, 0.15) is 0 Å². The van der Waals surface area contributed by atoms with Crippen molar-refractivity contribution in [2.75, 3.05) is 78.8 Å². The molecular weight excluding hydrogens is 685 g/mol. The number of morpholine rings is 2. The van der Waals surface area contributed by atoms with Crippen molar-refractivity contribution in [2.24, 2.45) is 0 Å². The van der Waals surface area contributed by atoms with Crippen molar-refractivity contribution in [3.05, 3.63) is 71.8 Å². The fourth-order valence-electron chi connectivity index (χ4n) is 5.20. The van der Waals surface area contributed by atoms with E-state index in [9.17, 15) is 26.4 Å². The molecule has 4 rings (SSSR count). The molecule has 0 aliphatic carbocycles. The molecule has 2 amide bonds. The standard InChI is InChI=1S/C34H40N6O8S2/c35-15-1-17-37(33(41)13-7-29-3-9-31(10-4-29)49(43,44)39-21-25-47-26-22-39)19-20-38(18-2-16-36)34(42)14-8-30-5-11-32(12-6-30)50(45,46)40-23-27-48-28-24-40/h3-14H,1-2,17-28H2/b13-7+,14-8+. The number of nitriles is 2. The van der Waals surface area contributed by atoms with Crippen LogP contribution < -0.4 is 0 Å². The summed E-state index contributed by atoms with van der Waals surface area (Å²) in [5, 5.41) is 18.3. The Bertz CT molecular complexity index is 1690. The van der Waals surface area contributed by atoms with E-state index < -0.39 is 31.9 Å². The van der Waals surface area contributed by atoms with Crippen LogP contribution in [0.5, 0.6) is 0 Å². The van der Waals surface area contributed by atoms with Crippen LogP contribution in [0.1, 0.15) is 24.0 Å². The van der Waals surface area contributed by atoms with Gasteiger partial charge in [-0.3, -0.25) is 9.59 Å². The predicted octanol–water partition coefficient (Wildman–Crippen LogP) is 1.94. The SMILES string of the molecule is N#CCCN(CCN(CCC#N)C(=O)/C=C/c1ccc(S(=O)(=O)N2CCOCC2)cc1)C(=O)/C=C/c1ccc(S(=O)(=O)N2CCOCC2)cc1. The number of carbonyl (C=O) groups excluding carboxylic acids is 2. The molecular formula is C34H40N6O8S2. The Hall–Kier alpha value is -4.42. The summed E-state index contributed by atoms with van der Waals surface area (Å²) in [5.74, 6) is -0.804. The zero-order valence-corrected chi connectivity index (χ0v) is 29.2. The molecule has 2 saturated heterocycles. The van der Waals surface area contributed by atoms with Gasteiger partial charge in [0.15, 0.2) is 0 Å². The van der Waals surface area contributed by atoms with Gasteiger partial charge in [0.2, 0.25) is 31.9 Å². The quantitative estimate of drug-likeness (QED) is 0.246. The molecule has 2 aliphatic rings. The number of rotatable bonds is 15. The number of carbonyl (C=O) groups is 2.